The smallest absolute Gasteiger partial charge is 0.264 e. The number of carbonyl (C=O) groups excluding carboxylic acids is 1. The summed E-state index contributed by atoms with van der Waals surface area (Å²) in [6, 6.07) is 6.36. The molecule has 0 saturated carbocycles. The van der Waals surface area contributed by atoms with Crippen molar-refractivity contribution in [3.05, 3.63) is 29.8 Å². The molecule has 1 amide bonds. The van der Waals surface area contributed by atoms with Crippen molar-refractivity contribution in [3.63, 3.8) is 0 Å². The SMILES string of the molecule is CC(=O)NS(=O)(=O)c1cccc(C)c1. The Bertz CT molecular complexity index is 451. The van der Waals surface area contributed by atoms with Crippen molar-refractivity contribution < 1.29 is 13.2 Å². The number of hydrogen-bond acceptors (Lipinski definition) is 3. The van der Waals surface area contributed by atoms with Gasteiger partial charge in [-0.25, -0.2) is 13.1 Å². The van der Waals surface area contributed by atoms with E-state index >= 15 is 0 Å². The normalized spacial score (nSPS) is 11.0. The lowest BCUT2D eigenvalue weighted by atomic mass is 10.2. The Kier molecular flexibility index (Phi) is 2.90. The van der Waals surface area contributed by atoms with E-state index in [0.29, 0.717) is 0 Å². The minimum atomic E-state index is -3.68. The van der Waals surface area contributed by atoms with Crippen LogP contribution in [0.25, 0.3) is 0 Å². The lowest BCUT2D eigenvalue weighted by Crippen LogP contribution is -2.28. The second-order valence-corrected chi connectivity index (χ2v) is 4.66. The first-order valence-corrected chi connectivity index (χ1v) is 5.50. The van der Waals surface area contributed by atoms with Gasteiger partial charge >= 0.3 is 0 Å². The monoisotopic (exact) mass is 213 g/mol. The number of nitrogens with one attached hydrogen (secondary N) is 1. The van der Waals surface area contributed by atoms with E-state index in [0.717, 1.165) is 12.5 Å². The first-order valence-electron chi connectivity index (χ1n) is 4.02. The minimum absolute atomic E-state index is 0.104. The van der Waals surface area contributed by atoms with Crippen LogP contribution in [0.4, 0.5) is 0 Å². The van der Waals surface area contributed by atoms with E-state index in [1.165, 1.54) is 12.1 Å². The molecule has 1 aromatic carbocycles. The summed E-state index contributed by atoms with van der Waals surface area (Å²) in [5.74, 6) is -0.591. The van der Waals surface area contributed by atoms with Crippen molar-refractivity contribution in [2.24, 2.45) is 0 Å². The van der Waals surface area contributed by atoms with Gasteiger partial charge in [-0.15, -0.1) is 0 Å². The molecule has 76 valence electrons. The van der Waals surface area contributed by atoms with Gasteiger partial charge in [0.25, 0.3) is 10.0 Å². The standard InChI is InChI=1S/C9H11NO3S/c1-7-4-3-5-9(6-7)14(12,13)10-8(2)11/h3-6H,1-2H3,(H,10,11). The Morgan fingerprint density at radius 1 is 1.36 bits per heavy atom. The zero-order valence-corrected chi connectivity index (χ0v) is 8.76. The molecule has 0 aliphatic rings. The summed E-state index contributed by atoms with van der Waals surface area (Å²) in [7, 11) is -3.68. The number of carbonyl (C=O) groups is 1. The van der Waals surface area contributed by atoms with Crippen molar-refractivity contribution in [3.8, 4) is 0 Å². The fourth-order valence-corrected chi connectivity index (χ4v) is 2.13. The highest BCUT2D eigenvalue weighted by atomic mass is 32.2. The van der Waals surface area contributed by atoms with Crippen molar-refractivity contribution in [2.75, 3.05) is 0 Å². The summed E-state index contributed by atoms with van der Waals surface area (Å²) >= 11 is 0. The summed E-state index contributed by atoms with van der Waals surface area (Å²) in [4.78, 5) is 10.7. The van der Waals surface area contributed by atoms with E-state index in [1.54, 1.807) is 19.1 Å². The Labute approximate surface area is 83.0 Å². The van der Waals surface area contributed by atoms with Crippen LogP contribution in [0.15, 0.2) is 29.2 Å². The molecule has 5 heteroatoms. The number of amides is 1. The lowest BCUT2D eigenvalue weighted by Gasteiger charge is -2.04. The summed E-state index contributed by atoms with van der Waals surface area (Å²) in [5, 5.41) is 0. The van der Waals surface area contributed by atoms with Crippen LogP contribution in [-0.2, 0) is 14.8 Å². The van der Waals surface area contributed by atoms with E-state index in [4.69, 9.17) is 0 Å². The Hall–Kier alpha value is -1.36. The predicted molar refractivity (Wildman–Crippen MR) is 52.2 cm³/mol. The molecule has 1 rings (SSSR count). The predicted octanol–water partition coefficient (Wildman–Crippen LogP) is 0.820. The van der Waals surface area contributed by atoms with Crippen molar-refractivity contribution in [2.45, 2.75) is 18.7 Å². The zero-order valence-electron chi connectivity index (χ0n) is 7.94. The molecular weight excluding hydrogens is 202 g/mol. The van der Waals surface area contributed by atoms with Gasteiger partial charge in [-0.1, -0.05) is 12.1 Å². The van der Waals surface area contributed by atoms with Crippen molar-refractivity contribution in [1.82, 2.24) is 4.72 Å². The number of sulfonamides is 1. The fraction of sp³-hybridized carbons (Fsp3) is 0.222. The minimum Gasteiger partial charge on any atom is -0.274 e. The van der Waals surface area contributed by atoms with Gasteiger partial charge in [-0.05, 0) is 24.6 Å². The molecule has 0 heterocycles. The third-order valence-electron chi connectivity index (χ3n) is 1.58. The van der Waals surface area contributed by atoms with Crippen LogP contribution >= 0.6 is 0 Å². The second kappa shape index (κ2) is 3.79. The van der Waals surface area contributed by atoms with Gasteiger partial charge in [0.2, 0.25) is 5.91 Å². The van der Waals surface area contributed by atoms with Crippen LogP contribution in [0, 0.1) is 6.92 Å². The maximum absolute atomic E-state index is 11.5. The molecule has 0 aliphatic heterocycles. The Morgan fingerprint density at radius 2 is 2.00 bits per heavy atom. The van der Waals surface area contributed by atoms with Gasteiger partial charge in [0, 0.05) is 6.92 Å². The van der Waals surface area contributed by atoms with Gasteiger partial charge in [-0.3, -0.25) is 4.79 Å². The molecule has 0 saturated heterocycles. The molecule has 1 aromatic rings. The summed E-state index contributed by atoms with van der Waals surface area (Å²) < 4.78 is 24.8. The second-order valence-electron chi connectivity index (χ2n) is 2.98. The fourth-order valence-electron chi connectivity index (χ4n) is 1.03. The van der Waals surface area contributed by atoms with Crippen molar-refractivity contribution >= 4 is 15.9 Å². The van der Waals surface area contributed by atoms with Gasteiger partial charge in [0.1, 0.15) is 0 Å². The van der Waals surface area contributed by atoms with Gasteiger partial charge < -0.3 is 0 Å². The molecule has 4 nitrogen and oxygen atoms in total. The maximum Gasteiger partial charge on any atom is 0.264 e. The molecular formula is C9H11NO3S. The quantitative estimate of drug-likeness (QED) is 0.791. The Morgan fingerprint density at radius 3 is 2.50 bits per heavy atom. The van der Waals surface area contributed by atoms with E-state index in [9.17, 15) is 13.2 Å². The van der Waals surface area contributed by atoms with E-state index < -0.39 is 15.9 Å². The highest BCUT2D eigenvalue weighted by Gasteiger charge is 2.14. The molecule has 0 radical (unpaired) electrons. The third kappa shape index (κ3) is 2.56. The summed E-state index contributed by atoms with van der Waals surface area (Å²) in [6.45, 7) is 2.94. The molecule has 0 atom stereocenters. The molecule has 0 aliphatic carbocycles. The van der Waals surface area contributed by atoms with Crippen LogP contribution in [0.5, 0.6) is 0 Å². The topological polar surface area (TPSA) is 63.2 Å². The molecule has 0 fully saturated rings. The largest absolute Gasteiger partial charge is 0.274 e. The van der Waals surface area contributed by atoms with Crippen LogP contribution in [0.1, 0.15) is 12.5 Å². The highest BCUT2D eigenvalue weighted by Crippen LogP contribution is 2.10. The van der Waals surface area contributed by atoms with E-state index in [2.05, 4.69) is 0 Å². The van der Waals surface area contributed by atoms with Crippen LogP contribution < -0.4 is 4.72 Å². The number of hydrogen-bond donors (Lipinski definition) is 1. The molecule has 14 heavy (non-hydrogen) atoms. The van der Waals surface area contributed by atoms with Crippen LogP contribution in [-0.4, -0.2) is 14.3 Å². The van der Waals surface area contributed by atoms with Gasteiger partial charge in [0.05, 0.1) is 4.90 Å². The number of aryl methyl sites for hydroxylation is 1. The molecule has 0 spiro atoms. The molecule has 0 bridgehead atoms. The molecule has 0 unspecified atom stereocenters. The summed E-state index contributed by atoms with van der Waals surface area (Å²) in [5.41, 5.74) is 0.830. The third-order valence-corrected chi connectivity index (χ3v) is 3.01. The van der Waals surface area contributed by atoms with E-state index in [-0.39, 0.29) is 4.90 Å². The first kappa shape index (κ1) is 10.7. The number of rotatable bonds is 2. The first-order chi connectivity index (χ1) is 6.42. The van der Waals surface area contributed by atoms with Crippen LogP contribution in [0.2, 0.25) is 0 Å². The average Bonchev–Trinajstić information content (AvgIpc) is 2.01. The van der Waals surface area contributed by atoms with Crippen LogP contribution in [0.3, 0.4) is 0 Å². The highest BCUT2D eigenvalue weighted by molar-refractivity contribution is 7.90. The maximum atomic E-state index is 11.5. The van der Waals surface area contributed by atoms with Gasteiger partial charge in [-0.2, -0.15) is 0 Å². The van der Waals surface area contributed by atoms with E-state index in [1.807, 2.05) is 4.72 Å². The lowest BCUT2D eigenvalue weighted by molar-refractivity contribution is -0.117. The zero-order chi connectivity index (χ0) is 10.8. The number of benzene rings is 1. The average molecular weight is 213 g/mol. The Balaban J connectivity index is 3.11. The van der Waals surface area contributed by atoms with Gasteiger partial charge in [0.15, 0.2) is 0 Å². The van der Waals surface area contributed by atoms with Crippen molar-refractivity contribution in [1.29, 1.82) is 0 Å². The molecule has 1 N–H and O–H groups in total. The summed E-state index contributed by atoms with van der Waals surface area (Å²) in [6.07, 6.45) is 0. The molecule has 0 aromatic heterocycles.